The number of nitrogens with one attached hydrogen (secondary N) is 2. The van der Waals surface area contributed by atoms with Gasteiger partial charge in [-0.3, -0.25) is 14.2 Å². The Balaban J connectivity index is 2.26. The quantitative estimate of drug-likeness (QED) is 0.628. The maximum Gasteiger partial charge on any atom is 0.278 e. The Morgan fingerprint density at radius 3 is 2.90 bits per heavy atom. The van der Waals surface area contributed by atoms with Crippen LogP contribution in [0.15, 0.2) is 16.0 Å². The number of nitrogens with zero attached hydrogens (tertiary/aromatic N) is 2. The second kappa shape index (κ2) is 6.80. The SMILES string of the molecule is CCCNC(=O)CSc1nc2cc(C)[nH]c2c(=O)n1CC. The van der Waals surface area contributed by atoms with E-state index in [0.29, 0.717) is 29.3 Å². The average Bonchev–Trinajstić information content (AvgIpc) is 2.83. The summed E-state index contributed by atoms with van der Waals surface area (Å²) in [6, 6.07) is 1.85. The smallest absolute Gasteiger partial charge is 0.278 e. The topological polar surface area (TPSA) is 79.8 Å². The standard InChI is InChI=1S/C14H20N4O2S/c1-4-6-15-11(19)8-21-14-17-10-7-9(3)16-12(10)13(20)18(14)5-2/h7,16H,4-6,8H2,1-3H3,(H,15,19). The van der Waals surface area contributed by atoms with E-state index in [1.54, 1.807) is 4.57 Å². The number of aromatic amines is 1. The van der Waals surface area contributed by atoms with Crippen molar-refractivity contribution in [1.82, 2.24) is 19.9 Å². The summed E-state index contributed by atoms with van der Waals surface area (Å²) < 4.78 is 1.59. The van der Waals surface area contributed by atoms with E-state index in [9.17, 15) is 9.59 Å². The van der Waals surface area contributed by atoms with Crippen LogP contribution in [0.1, 0.15) is 26.0 Å². The normalized spacial score (nSPS) is 11.0. The Morgan fingerprint density at radius 1 is 1.48 bits per heavy atom. The number of carbonyl (C=O) groups excluding carboxylic acids is 1. The third-order valence-corrected chi connectivity index (χ3v) is 4.03. The first kappa shape index (κ1) is 15.6. The van der Waals surface area contributed by atoms with Crippen molar-refractivity contribution in [2.75, 3.05) is 12.3 Å². The summed E-state index contributed by atoms with van der Waals surface area (Å²) in [5, 5.41) is 3.40. The van der Waals surface area contributed by atoms with E-state index in [4.69, 9.17) is 0 Å². The van der Waals surface area contributed by atoms with Crippen molar-refractivity contribution in [3.8, 4) is 0 Å². The van der Waals surface area contributed by atoms with Crippen molar-refractivity contribution in [2.45, 2.75) is 38.9 Å². The Labute approximate surface area is 127 Å². The molecule has 0 aliphatic heterocycles. The first-order valence-corrected chi connectivity index (χ1v) is 8.05. The number of thioether (sulfide) groups is 1. The van der Waals surface area contributed by atoms with Crippen molar-refractivity contribution < 1.29 is 4.79 Å². The van der Waals surface area contributed by atoms with Crippen LogP contribution in [0.3, 0.4) is 0 Å². The fourth-order valence-electron chi connectivity index (χ4n) is 2.05. The summed E-state index contributed by atoms with van der Waals surface area (Å²) in [5.74, 6) is 0.227. The lowest BCUT2D eigenvalue weighted by Crippen LogP contribution is -2.27. The van der Waals surface area contributed by atoms with Gasteiger partial charge in [-0.2, -0.15) is 0 Å². The lowest BCUT2D eigenvalue weighted by Gasteiger charge is -2.09. The van der Waals surface area contributed by atoms with Gasteiger partial charge in [0, 0.05) is 18.8 Å². The molecule has 1 amide bonds. The largest absolute Gasteiger partial charge is 0.355 e. The molecule has 7 heteroatoms. The van der Waals surface area contributed by atoms with Crippen molar-refractivity contribution >= 4 is 28.7 Å². The Kier molecular flexibility index (Phi) is 5.06. The summed E-state index contributed by atoms with van der Waals surface area (Å²) in [5.41, 5.74) is 1.99. The lowest BCUT2D eigenvalue weighted by molar-refractivity contribution is -0.118. The zero-order valence-corrected chi connectivity index (χ0v) is 13.3. The van der Waals surface area contributed by atoms with Gasteiger partial charge in [-0.15, -0.1) is 0 Å². The van der Waals surface area contributed by atoms with Crippen LogP contribution in [-0.4, -0.2) is 32.7 Å². The zero-order chi connectivity index (χ0) is 15.4. The van der Waals surface area contributed by atoms with Crippen LogP contribution in [0.4, 0.5) is 0 Å². The van der Waals surface area contributed by atoms with Crippen molar-refractivity contribution in [2.24, 2.45) is 0 Å². The second-order valence-corrected chi connectivity index (χ2v) is 5.74. The second-order valence-electron chi connectivity index (χ2n) is 4.80. The number of rotatable bonds is 6. The van der Waals surface area contributed by atoms with Crippen molar-refractivity contribution in [1.29, 1.82) is 0 Å². The van der Waals surface area contributed by atoms with E-state index in [1.165, 1.54) is 11.8 Å². The van der Waals surface area contributed by atoms with E-state index < -0.39 is 0 Å². The van der Waals surface area contributed by atoms with E-state index in [0.717, 1.165) is 12.1 Å². The van der Waals surface area contributed by atoms with Crippen LogP contribution in [0.25, 0.3) is 11.0 Å². The molecule has 0 saturated heterocycles. The van der Waals surface area contributed by atoms with E-state index in [2.05, 4.69) is 15.3 Å². The number of aromatic nitrogens is 3. The molecular formula is C14H20N4O2S. The van der Waals surface area contributed by atoms with Gasteiger partial charge in [-0.25, -0.2) is 4.98 Å². The highest BCUT2D eigenvalue weighted by molar-refractivity contribution is 7.99. The fourth-order valence-corrected chi connectivity index (χ4v) is 2.94. The molecule has 0 radical (unpaired) electrons. The van der Waals surface area contributed by atoms with Crippen LogP contribution in [-0.2, 0) is 11.3 Å². The molecule has 0 aromatic carbocycles. The summed E-state index contributed by atoms with van der Waals surface area (Å²) in [6.45, 7) is 6.99. The van der Waals surface area contributed by atoms with Crippen molar-refractivity contribution in [3.05, 3.63) is 22.1 Å². The monoisotopic (exact) mass is 308 g/mol. The zero-order valence-electron chi connectivity index (χ0n) is 12.5. The van der Waals surface area contributed by atoms with Gasteiger partial charge in [-0.05, 0) is 26.3 Å². The highest BCUT2D eigenvalue weighted by atomic mass is 32.2. The van der Waals surface area contributed by atoms with E-state index >= 15 is 0 Å². The minimum Gasteiger partial charge on any atom is -0.355 e. The first-order valence-electron chi connectivity index (χ1n) is 7.06. The molecule has 2 N–H and O–H groups in total. The molecule has 0 aliphatic carbocycles. The summed E-state index contributed by atoms with van der Waals surface area (Å²) in [7, 11) is 0. The number of hydrogen-bond acceptors (Lipinski definition) is 4. The number of H-pyrrole nitrogens is 1. The van der Waals surface area contributed by atoms with Crippen molar-refractivity contribution in [3.63, 3.8) is 0 Å². The molecular weight excluding hydrogens is 288 g/mol. The summed E-state index contributed by atoms with van der Waals surface area (Å²) in [6.07, 6.45) is 0.906. The average molecular weight is 308 g/mol. The molecule has 21 heavy (non-hydrogen) atoms. The highest BCUT2D eigenvalue weighted by Gasteiger charge is 2.13. The molecule has 2 heterocycles. The van der Waals surface area contributed by atoms with Crippen LogP contribution < -0.4 is 10.9 Å². The van der Waals surface area contributed by atoms with Gasteiger partial charge in [-0.1, -0.05) is 18.7 Å². The van der Waals surface area contributed by atoms with Crippen LogP contribution in [0.2, 0.25) is 0 Å². The molecule has 2 rings (SSSR count). The van der Waals surface area contributed by atoms with Gasteiger partial charge in [0.15, 0.2) is 5.16 Å². The number of carbonyl (C=O) groups is 1. The predicted octanol–water partition coefficient (Wildman–Crippen LogP) is 1.67. The molecule has 0 bridgehead atoms. The van der Waals surface area contributed by atoms with Gasteiger partial charge >= 0.3 is 0 Å². The third kappa shape index (κ3) is 3.47. The third-order valence-electron chi connectivity index (χ3n) is 3.06. The van der Waals surface area contributed by atoms with Crippen LogP contribution in [0, 0.1) is 6.92 Å². The molecule has 0 unspecified atom stereocenters. The molecule has 0 fully saturated rings. The molecule has 114 valence electrons. The van der Waals surface area contributed by atoms with E-state index in [1.807, 2.05) is 26.8 Å². The number of hydrogen-bond donors (Lipinski definition) is 2. The number of fused-ring (bicyclic) bond motifs is 1. The lowest BCUT2D eigenvalue weighted by atomic mass is 10.4. The Morgan fingerprint density at radius 2 is 2.24 bits per heavy atom. The summed E-state index contributed by atoms with van der Waals surface area (Å²) in [4.78, 5) is 31.6. The first-order chi connectivity index (χ1) is 10.1. The molecule has 2 aromatic rings. The van der Waals surface area contributed by atoms with Gasteiger partial charge in [0.2, 0.25) is 5.91 Å². The highest BCUT2D eigenvalue weighted by Crippen LogP contribution is 2.18. The molecule has 0 saturated carbocycles. The van der Waals surface area contributed by atoms with Gasteiger partial charge < -0.3 is 10.3 Å². The summed E-state index contributed by atoms with van der Waals surface area (Å²) >= 11 is 1.29. The van der Waals surface area contributed by atoms with Gasteiger partial charge in [0.25, 0.3) is 5.56 Å². The molecule has 0 atom stereocenters. The van der Waals surface area contributed by atoms with Gasteiger partial charge in [0.1, 0.15) is 5.52 Å². The molecule has 0 spiro atoms. The molecule has 0 aliphatic rings. The number of aryl methyl sites for hydroxylation is 1. The maximum absolute atomic E-state index is 12.4. The Hall–Kier alpha value is -1.76. The van der Waals surface area contributed by atoms with E-state index in [-0.39, 0.29) is 17.2 Å². The molecule has 2 aromatic heterocycles. The maximum atomic E-state index is 12.4. The Bertz CT molecular complexity index is 705. The number of amides is 1. The minimum absolute atomic E-state index is 0.0379. The predicted molar refractivity (Wildman–Crippen MR) is 84.8 cm³/mol. The van der Waals surface area contributed by atoms with Gasteiger partial charge in [0.05, 0.1) is 11.3 Å². The minimum atomic E-state index is -0.0907. The fraction of sp³-hybridized carbons (Fsp3) is 0.500. The van der Waals surface area contributed by atoms with Crippen LogP contribution in [0.5, 0.6) is 0 Å². The van der Waals surface area contributed by atoms with Crippen LogP contribution >= 0.6 is 11.8 Å². The molecule has 6 nitrogen and oxygen atoms in total.